The second kappa shape index (κ2) is 4.50. The van der Waals surface area contributed by atoms with Crippen LogP contribution in [0.5, 0.6) is 0 Å². The summed E-state index contributed by atoms with van der Waals surface area (Å²) in [5.41, 5.74) is 4.38. The van der Waals surface area contributed by atoms with Crippen LogP contribution >= 0.6 is 11.3 Å². The summed E-state index contributed by atoms with van der Waals surface area (Å²) in [6, 6.07) is 0. The van der Waals surface area contributed by atoms with Crippen LogP contribution in [0.2, 0.25) is 0 Å². The minimum absolute atomic E-state index is 0.875. The molecule has 88 valence electrons. The van der Waals surface area contributed by atoms with Gasteiger partial charge in [0.2, 0.25) is 0 Å². The number of nitrogens with zero attached hydrogens (tertiary/aromatic N) is 4. The zero-order valence-corrected chi connectivity index (χ0v) is 10.6. The molecule has 0 amide bonds. The van der Waals surface area contributed by atoms with Gasteiger partial charge in [-0.1, -0.05) is 0 Å². The summed E-state index contributed by atoms with van der Waals surface area (Å²) in [6.07, 6.45) is 4.94. The highest BCUT2D eigenvalue weighted by molar-refractivity contribution is 7.09. The minimum atomic E-state index is 0.875. The van der Waals surface area contributed by atoms with Gasteiger partial charge >= 0.3 is 0 Å². The van der Waals surface area contributed by atoms with Crippen molar-refractivity contribution < 1.29 is 0 Å². The molecule has 0 spiro atoms. The van der Waals surface area contributed by atoms with E-state index in [1.807, 2.05) is 24.8 Å². The Morgan fingerprint density at radius 3 is 3.18 bits per heavy atom. The highest BCUT2D eigenvalue weighted by Gasteiger charge is 2.18. The van der Waals surface area contributed by atoms with Gasteiger partial charge in [0.15, 0.2) is 0 Å². The maximum absolute atomic E-state index is 4.50. The van der Waals surface area contributed by atoms with E-state index in [2.05, 4.69) is 19.9 Å². The summed E-state index contributed by atoms with van der Waals surface area (Å²) in [5.74, 6) is 0.875. The van der Waals surface area contributed by atoms with E-state index in [1.165, 1.54) is 16.1 Å². The number of aryl methyl sites for hydroxylation is 1. The molecule has 3 rings (SSSR count). The molecule has 4 nitrogen and oxygen atoms in total. The second-order valence-electron chi connectivity index (χ2n) is 4.32. The molecule has 0 saturated heterocycles. The normalized spacial score (nSPS) is 15.8. The summed E-state index contributed by atoms with van der Waals surface area (Å²) in [5, 5.41) is 0. The van der Waals surface area contributed by atoms with Crippen molar-refractivity contribution in [3.63, 3.8) is 0 Å². The molecule has 0 unspecified atom stereocenters. The standard InChI is InChI=1S/C12H14N4S/c1-9-14-4-10-6-16(3-2-12(10)15-9)7-11-5-13-8-17-11/h4-5,8H,2-3,6-7H2,1H3. The quantitative estimate of drug-likeness (QED) is 0.810. The third-order valence-electron chi connectivity index (χ3n) is 3.00. The lowest BCUT2D eigenvalue weighted by Crippen LogP contribution is -2.30. The van der Waals surface area contributed by atoms with Gasteiger partial charge in [0.05, 0.1) is 5.51 Å². The number of thiazole rings is 1. The van der Waals surface area contributed by atoms with E-state index in [4.69, 9.17) is 0 Å². The lowest BCUT2D eigenvalue weighted by atomic mass is 10.1. The first-order valence-corrected chi connectivity index (χ1v) is 6.60. The van der Waals surface area contributed by atoms with Gasteiger partial charge in [0, 0.05) is 54.6 Å². The van der Waals surface area contributed by atoms with E-state index in [0.717, 1.165) is 31.9 Å². The van der Waals surface area contributed by atoms with Crippen molar-refractivity contribution in [2.75, 3.05) is 6.54 Å². The van der Waals surface area contributed by atoms with Gasteiger partial charge in [-0.15, -0.1) is 11.3 Å². The fourth-order valence-electron chi connectivity index (χ4n) is 2.15. The summed E-state index contributed by atoms with van der Waals surface area (Å²) < 4.78 is 0. The van der Waals surface area contributed by atoms with E-state index in [-0.39, 0.29) is 0 Å². The Hall–Kier alpha value is -1.33. The van der Waals surface area contributed by atoms with Crippen LogP contribution in [0.25, 0.3) is 0 Å². The summed E-state index contributed by atoms with van der Waals surface area (Å²) in [6.45, 7) is 4.96. The van der Waals surface area contributed by atoms with Gasteiger partial charge in [-0.3, -0.25) is 9.88 Å². The first-order valence-electron chi connectivity index (χ1n) is 5.72. The molecule has 0 N–H and O–H groups in total. The SMILES string of the molecule is Cc1ncc2c(n1)CCN(Cc1cncs1)C2. The smallest absolute Gasteiger partial charge is 0.125 e. The van der Waals surface area contributed by atoms with Crippen LogP contribution in [0.3, 0.4) is 0 Å². The molecule has 0 aliphatic carbocycles. The van der Waals surface area contributed by atoms with E-state index in [9.17, 15) is 0 Å². The Morgan fingerprint density at radius 2 is 2.35 bits per heavy atom. The summed E-state index contributed by atoms with van der Waals surface area (Å²) in [7, 11) is 0. The Kier molecular flexibility index (Phi) is 2.86. The van der Waals surface area contributed by atoms with Crippen LogP contribution in [-0.2, 0) is 19.5 Å². The maximum Gasteiger partial charge on any atom is 0.125 e. The second-order valence-corrected chi connectivity index (χ2v) is 5.29. The minimum Gasteiger partial charge on any atom is -0.293 e. The molecular formula is C12H14N4S. The molecule has 0 saturated carbocycles. The van der Waals surface area contributed by atoms with Crippen molar-refractivity contribution in [2.45, 2.75) is 26.4 Å². The number of fused-ring (bicyclic) bond motifs is 1. The van der Waals surface area contributed by atoms with Gasteiger partial charge in [0.1, 0.15) is 5.82 Å². The van der Waals surface area contributed by atoms with Crippen molar-refractivity contribution in [3.8, 4) is 0 Å². The molecular weight excluding hydrogens is 232 g/mol. The monoisotopic (exact) mass is 246 g/mol. The highest BCUT2D eigenvalue weighted by atomic mass is 32.1. The van der Waals surface area contributed by atoms with Gasteiger partial charge in [-0.05, 0) is 6.92 Å². The zero-order chi connectivity index (χ0) is 11.7. The van der Waals surface area contributed by atoms with Crippen LogP contribution in [0.1, 0.15) is 22.0 Å². The van der Waals surface area contributed by atoms with Crippen molar-refractivity contribution in [3.05, 3.63) is 39.9 Å². The average molecular weight is 246 g/mol. The Labute approximate surface area is 104 Å². The number of hydrogen-bond donors (Lipinski definition) is 0. The molecule has 17 heavy (non-hydrogen) atoms. The third-order valence-corrected chi connectivity index (χ3v) is 3.76. The molecule has 3 heterocycles. The molecule has 1 aliphatic heterocycles. The Balaban J connectivity index is 1.74. The first kappa shape index (κ1) is 10.8. The molecule has 2 aromatic heterocycles. The Bertz CT molecular complexity index is 509. The Morgan fingerprint density at radius 1 is 1.41 bits per heavy atom. The van der Waals surface area contributed by atoms with Crippen LogP contribution in [0.15, 0.2) is 17.9 Å². The molecule has 0 aromatic carbocycles. The molecule has 0 bridgehead atoms. The lowest BCUT2D eigenvalue weighted by Gasteiger charge is -2.27. The maximum atomic E-state index is 4.50. The van der Waals surface area contributed by atoms with Gasteiger partial charge in [0.25, 0.3) is 0 Å². The van der Waals surface area contributed by atoms with Crippen LogP contribution in [0, 0.1) is 6.92 Å². The topological polar surface area (TPSA) is 41.9 Å². The van der Waals surface area contributed by atoms with E-state index < -0.39 is 0 Å². The predicted molar refractivity (Wildman–Crippen MR) is 66.7 cm³/mol. The number of rotatable bonds is 2. The number of aromatic nitrogens is 3. The third kappa shape index (κ3) is 2.35. The van der Waals surface area contributed by atoms with Crippen molar-refractivity contribution in [1.82, 2.24) is 19.9 Å². The highest BCUT2D eigenvalue weighted by Crippen LogP contribution is 2.19. The molecule has 5 heteroatoms. The van der Waals surface area contributed by atoms with E-state index in [1.54, 1.807) is 11.3 Å². The van der Waals surface area contributed by atoms with Crippen molar-refractivity contribution in [1.29, 1.82) is 0 Å². The van der Waals surface area contributed by atoms with Crippen LogP contribution in [-0.4, -0.2) is 26.4 Å². The molecule has 0 fully saturated rings. The van der Waals surface area contributed by atoms with Gasteiger partial charge in [-0.25, -0.2) is 9.97 Å². The van der Waals surface area contributed by atoms with Crippen molar-refractivity contribution >= 4 is 11.3 Å². The molecule has 1 aliphatic rings. The van der Waals surface area contributed by atoms with Gasteiger partial charge in [-0.2, -0.15) is 0 Å². The molecule has 0 radical (unpaired) electrons. The first-order chi connectivity index (χ1) is 8.31. The van der Waals surface area contributed by atoms with Crippen molar-refractivity contribution in [2.24, 2.45) is 0 Å². The fourth-order valence-corrected chi connectivity index (χ4v) is 2.79. The molecule has 2 aromatic rings. The fraction of sp³-hybridized carbons (Fsp3) is 0.417. The zero-order valence-electron chi connectivity index (χ0n) is 9.76. The number of hydrogen-bond acceptors (Lipinski definition) is 5. The summed E-state index contributed by atoms with van der Waals surface area (Å²) >= 11 is 1.72. The van der Waals surface area contributed by atoms with Crippen LogP contribution < -0.4 is 0 Å². The molecule has 0 atom stereocenters. The average Bonchev–Trinajstić information content (AvgIpc) is 2.82. The predicted octanol–water partition coefficient (Wildman–Crippen LogP) is 1.80. The van der Waals surface area contributed by atoms with Crippen LogP contribution in [0.4, 0.5) is 0 Å². The van der Waals surface area contributed by atoms with E-state index in [0.29, 0.717) is 0 Å². The summed E-state index contributed by atoms with van der Waals surface area (Å²) in [4.78, 5) is 16.6. The van der Waals surface area contributed by atoms with Gasteiger partial charge < -0.3 is 0 Å². The largest absolute Gasteiger partial charge is 0.293 e. The lowest BCUT2D eigenvalue weighted by molar-refractivity contribution is 0.244. The van der Waals surface area contributed by atoms with E-state index >= 15 is 0 Å².